The molecule has 0 radical (unpaired) electrons. The van der Waals surface area contributed by atoms with Crippen LogP contribution in [-0.2, 0) is 4.74 Å². The number of rotatable bonds is 3. The van der Waals surface area contributed by atoms with Crippen LogP contribution >= 0.6 is 0 Å². The second kappa shape index (κ2) is 4.62. The highest BCUT2D eigenvalue weighted by Crippen LogP contribution is 2.62. The smallest absolute Gasteiger partial charge is 0.407 e. The maximum Gasteiger partial charge on any atom is 0.407 e. The first-order valence-electron chi connectivity index (χ1n) is 6.95. The molecule has 0 aromatic carbocycles. The summed E-state index contributed by atoms with van der Waals surface area (Å²) < 4.78 is 19.1. The number of nitrogens with one attached hydrogen (secondary N) is 1. The number of alkyl halides is 1. The zero-order chi connectivity index (χ0) is 14.3. The van der Waals surface area contributed by atoms with Crippen LogP contribution in [0.1, 0.15) is 52.9 Å². The van der Waals surface area contributed by atoms with Gasteiger partial charge in [-0.1, -0.05) is 0 Å². The normalized spacial score (nSPS) is 37.4. The molecule has 2 rings (SSSR count). The molecule has 4 nitrogen and oxygen atoms in total. The van der Waals surface area contributed by atoms with Gasteiger partial charge in [0.05, 0.1) is 0 Å². The largest absolute Gasteiger partial charge is 0.444 e. The van der Waals surface area contributed by atoms with Crippen LogP contribution in [0.25, 0.3) is 0 Å². The summed E-state index contributed by atoms with van der Waals surface area (Å²) in [4.78, 5) is 11.6. The molecule has 0 saturated heterocycles. The Morgan fingerprint density at radius 2 is 2.00 bits per heavy atom. The lowest BCUT2D eigenvalue weighted by Crippen LogP contribution is -2.61. The minimum absolute atomic E-state index is 0.0591. The number of carbonyl (C=O) groups excluding carboxylic acids is 1. The Labute approximate surface area is 113 Å². The lowest BCUT2D eigenvalue weighted by molar-refractivity contribution is -0.134. The fraction of sp³-hybridized carbons (Fsp3) is 0.929. The third kappa shape index (κ3) is 3.38. The maximum absolute atomic E-state index is 14.0. The first-order valence-corrected chi connectivity index (χ1v) is 6.95. The van der Waals surface area contributed by atoms with Gasteiger partial charge < -0.3 is 15.2 Å². The predicted octanol–water partition coefficient (Wildman–Crippen LogP) is 2.54. The highest BCUT2D eigenvalue weighted by molar-refractivity contribution is 5.68. The van der Waals surface area contributed by atoms with E-state index in [1.54, 1.807) is 0 Å². The molecule has 2 saturated carbocycles. The van der Waals surface area contributed by atoms with Crippen molar-refractivity contribution in [2.75, 3.05) is 6.61 Å². The summed E-state index contributed by atoms with van der Waals surface area (Å²) in [7, 11) is 0. The van der Waals surface area contributed by atoms with Gasteiger partial charge in [0.1, 0.15) is 11.3 Å². The van der Waals surface area contributed by atoms with Crippen LogP contribution in [0.5, 0.6) is 0 Å². The number of ether oxygens (including phenoxy) is 1. The topological polar surface area (TPSA) is 58.6 Å². The van der Waals surface area contributed by atoms with Gasteiger partial charge in [-0.05, 0) is 51.9 Å². The highest BCUT2D eigenvalue weighted by Gasteiger charge is 2.60. The fourth-order valence-electron chi connectivity index (χ4n) is 3.52. The van der Waals surface area contributed by atoms with Gasteiger partial charge in [-0.2, -0.15) is 0 Å². The van der Waals surface area contributed by atoms with Gasteiger partial charge in [0, 0.05) is 19.1 Å². The quantitative estimate of drug-likeness (QED) is 0.830. The minimum atomic E-state index is -1.17. The monoisotopic (exact) mass is 273 g/mol. The van der Waals surface area contributed by atoms with Crippen molar-refractivity contribution in [1.82, 2.24) is 5.32 Å². The second-order valence-electron chi connectivity index (χ2n) is 7.23. The van der Waals surface area contributed by atoms with E-state index < -0.39 is 17.4 Å². The SMILES string of the molecule is CC(C)(C)OC(=O)NC1CC2(C1)CC(F)(CCO)C2. The lowest BCUT2D eigenvalue weighted by Gasteiger charge is -2.60. The molecule has 2 fully saturated rings. The number of aliphatic hydroxyl groups excluding tert-OH is 1. The zero-order valence-electron chi connectivity index (χ0n) is 12.0. The molecule has 2 N–H and O–H groups in total. The molecular formula is C14H24FNO3. The molecule has 19 heavy (non-hydrogen) atoms. The van der Waals surface area contributed by atoms with Gasteiger partial charge in [0.25, 0.3) is 0 Å². The highest BCUT2D eigenvalue weighted by atomic mass is 19.1. The van der Waals surface area contributed by atoms with Crippen molar-refractivity contribution >= 4 is 6.09 Å². The molecule has 0 aromatic heterocycles. The van der Waals surface area contributed by atoms with Crippen LogP contribution in [0.4, 0.5) is 9.18 Å². The average molecular weight is 273 g/mol. The number of halogens is 1. The number of carbonyl (C=O) groups is 1. The van der Waals surface area contributed by atoms with Gasteiger partial charge in [-0.15, -0.1) is 0 Å². The Hall–Kier alpha value is -0.840. The van der Waals surface area contributed by atoms with Gasteiger partial charge >= 0.3 is 6.09 Å². The molecule has 0 heterocycles. The average Bonchev–Trinajstić information content (AvgIpc) is 2.09. The van der Waals surface area contributed by atoms with Crippen molar-refractivity contribution < 1.29 is 19.0 Å². The summed E-state index contributed by atoms with van der Waals surface area (Å²) in [5.74, 6) is 0. The Morgan fingerprint density at radius 3 is 2.47 bits per heavy atom. The van der Waals surface area contributed by atoms with E-state index in [0.717, 1.165) is 12.8 Å². The van der Waals surface area contributed by atoms with Crippen molar-refractivity contribution in [1.29, 1.82) is 0 Å². The standard InChI is InChI=1S/C14H24FNO3/c1-12(2,3)19-11(18)16-10-6-13(7-10)8-14(15,9-13)4-5-17/h10,17H,4-9H2,1-3H3,(H,16,18). The van der Waals surface area contributed by atoms with Crippen LogP contribution in [0.3, 0.4) is 0 Å². The molecule has 0 aromatic rings. The molecule has 2 aliphatic carbocycles. The molecular weight excluding hydrogens is 249 g/mol. The Balaban J connectivity index is 1.69. The zero-order valence-corrected chi connectivity index (χ0v) is 12.0. The molecule has 110 valence electrons. The van der Waals surface area contributed by atoms with E-state index in [9.17, 15) is 9.18 Å². The molecule has 1 amide bonds. The summed E-state index contributed by atoms with van der Waals surface area (Å²) >= 11 is 0. The first kappa shape index (κ1) is 14.6. The van der Waals surface area contributed by atoms with Gasteiger partial charge in [-0.3, -0.25) is 0 Å². The Morgan fingerprint density at radius 1 is 1.42 bits per heavy atom. The number of alkyl carbamates (subject to hydrolysis) is 1. The van der Waals surface area contributed by atoms with Crippen LogP contribution < -0.4 is 5.32 Å². The van der Waals surface area contributed by atoms with Crippen LogP contribution in [0, 0.1) is 5.41 Å². The summed E-state index contributed by atoms with van der Waals surface area (Å²) in [5.41, 5.74) is -1.60. The van der Waals surface area contributed by atoms with Crippen LogP contribution in [0.2, 0.25) is 0 Å². The molecule has 5 heteroatoms. The predicted molar refractivity (Wildman–Crippen MR) is 69.6 cm³/mol. The lowest BCUT2D eigenvalue weighted by atomic mass is 9.48. The van der Waals surface area contributed by atoms with E-state index >= 15 is 0 Å². The van der Waals surface area contributed by atoms with Gasteiger partial charge in [0.15, 0.2) is 0 Å². The molecule has 0 atom stereocenters. The van der Waals surface area contributed by atoms with E-state index in [1.807, 2.05) is 20.8 Å². The number of hydrogen-bond donors (Lipinski definition) is 2. The third-order valence-electron chi connectivity index (χ3n) is 4.02. The summed E-state index contributed by atoms with van der Waals surface area (Å²) in [6.07, 6.45) is 2.53. The van der Waals surface area contributed by atoms with E-state index in [0.29, 0.717) is 12.8 Å². The first-order chi connectivity index (χ1) is 8.65. The van der Waals surface area contributed by atoms with Crippen molar-refractivity contribution in [3.8, 4) is 0 Å². The summed E-state index contributed by atoms with van der Waals surface area (Å²) in [5, 5.41) is 11.6. The molecule has 0 aliphatic heterocycles. The number of amides is 1. The van der Waals surface area contributed by atoms with Gasteiger partial charge in [0.2, 0.25) is 0 Å². The fourth-order valence-corrected chi connectivity index (χ4v) is 3.52. The van der Waals surface area contributed by atoms with E-state index in [1.165, 1.54) is 0 Å². The van der Waals surface area contributed by atoms with E-state index in [2.05, 4.69) is 5.32 Å². The molecule has 0 unspecified atom stereocenters. The molecule has 2 aliphatic rings. The summed E-state index contributed by atoms with van der Waals surface area (Å²) in [6.45, 7) is 5.39. The van der Waals surface area contributed by atoms with Crippen molar-refractivity contribution in [3.05, 3.63) is 0 Å². The number of hydrogen-bond acceptors (Lipinski definition) is 3. The van der Waals surface area contributed by atoms with Crippen molar-refractivity contribution in [2.24, 2.45) is 5.41 Å². The minimum Gasteiger partial charge on any atom is -0.444 e. The van der Waals surface area contributed by atoms with Crippen LogP contribution in [0.15, 0.2) is 0 Å². The summed E-state index contributed by atoms with van der Waals surface area (Å²) in [6, 6.07) is 0.105. The van der Waals surface area contributed by atoms with Crippen molar-refractivity contribution in [2.45, 2.75) is 70.2 Å². The second-order valence-corrected chi connectivity index (χ2v) is 7.23. The number of aliphatic hydroxyl groups is 1. The Kier molecular flexibility index (Phi) is 3.54. The third-order valence-corrected chi connectivity index (χ3v) is 4.02. The molecule has 1 spiro atoms. The van der Waals surface area contributed by atoms with E-state index in [4.69, 9.17) is 9.84 Å². The Bertz CT molecular complexity index is 350. The van der Waals surface area contributed by atoms with Crippen LogP contribution in [-0.4, -0.2) is 35.1 Å². The van der Waals surface area contributed by atoms with Crippen molar-refractivity contribution in [3.63, 3.8) is 0 Å². The maximum atomic E-state index is 14.0. The van der Waals surface area contributed by atoms with Gasteiger partial charge in [-0.25, -0.2) is 9.18 Å². The van der Waals surface area contributed by atoms with E-state index in [-0.39, 0.29) is 24.5 Å². The molecule has 0 bridgehead atoms.